The summed E-state index contributed by atoms with van der Waals surface area (Å²) in [7, 11) is 0. The van der Waals surface area contributed by atoms with Gasteiger partial charge in [-0.25, -0.2) is 9.37 Å². The number of alkyl halides is 3. The summed E-state index contributed by atoms with van der Waals surface area (Å²) < 4.78 is 54.8. The molecule has 4 aromatic rings. The van der Waals surface area contributed by atoms with E-state index in [2.05, 4.69) is 25.8 Å². The van der Waals surface area contributed by atoms with E-state index in [1.165, 1.54) is 24.4 Å². The smallest absolute Gasteiger partial charge is 0.382 e. The number of fused-ring (bicyclic) bond motifs is 2. The van der Waals surface area contributed by atoms with Crippen molar-refractivity contribution in [1.82, 2.24) is 20.5 Å². The van der Waals surface area contributed by atoms with Crippen LogP contribution >= 0.6 is 11.6 Å². The zero-order valence-corrected chi connectivity index (χ0v) is 19.0. The highest BCUT2D eigenvalue weighted by molar-refractivity contribution is 6.31. The summed E-state index contributed by atoms with van der Waals surface area (Å²) in [6.07, 6.45) is -0.844. The molecule has 3 N–H and O–H groups in total. The molecule has 0 radical (unpaired) electrons. The molecule has 1 saturated carbocycles. The summed E-state index contributed by atoms with van der Waals surface area (Å²) in [4.78, 5) is 16.4. The highest BCUT2D eigenvalue weighted by Crippen LogP contribution is 2.35. The van der Waals surface area contributed by atoms with Gasteiger partial charge in [-0.15, -0.1) is 0 Å². The molecule has 5 rings (SSSR count). The van der Waals surface area contributed by atoms with Gasteiger partial charge in [0.25, 0.3) is 5.91 Å². The molecule has 0 bridgehead atoms. The van der Waals surface area contributed by atoms with Gasteiger partial charge in [0, 0.05) is 28.2 Å². The lowest BCUT2D eigenvalue weighted by atomic mass is 9.90. The number of pyridine rings is 1. The van der Waals surface area contributed by atoms with Crippen LogP contribution in [0.1, 0.15) is 41.7 Å². The van der Waals surface area contributed by atoms with Crippen molar-refractivity contribution < 1.29 is 22.4 Å². The summed E-state index contributed by atoms with van der Waals surface area (Å²) >= 11 is 6.07. The number of carbonyl (C=O) groups excluding carboxylic acids is 1. The van der Waals surface area contributed by atoms with Gasteiger partial charge in [-0.1, -0.05) is 11.6 Å². The number of amides is 1. The maximum atomic E-state index is 14.7. The summed E-state index contributed by atoms with van der Waals surface area (Å²) in [5.74, 6) is -1.14. The summed E-state index contributed by atoms with van der Waals surface area (Å²) in [5.41, 5.74) is -0.0207. The van der Waals surface area contributed by atoms with Crippen LogP contribution in [0.3, 0.4) is 0 Å². The lowest BCUT2D eigenvalue weighted by Crippen LogP contribution is -2.40. The van der Waals surface area contributed by atoms with E-state index in [4.69, 9.17) is 11.6 Å². The van der Waals surface area contributed by atoms with Crippen LogP contribution in [0.15, 0.2) is 42.6 Å². The number of anilines is 1. The van der Waals surface area contributed by atoms with Crippen LogP contribution < -0.4 is 10.6 Å². The Kier molecular flexibility index (Phi) is 6.00. The number of H-pyrrole nitrogens is 1. The monoisotopic (exact) mass is 505 g/mol. The van der Waals surface area contributed by atoms with Crippen LogP contribution in [-0.4, -0.2) is 33.2 Å². The molecule has 0 unspecified atom stereocenters. The van der Waals surface area contributed by atoms with Gasteiger partial charge < -0.3 is 10.6 Å². The third-order valence-corrected chi connectivity index (χ3v) is 6.52. The van der Waals surface area contributed by atoms with E-state index in [9.17, 15) is 22.4 Å². The molecule has 1 aliphatic carbocycles. The topological polar surface area (TPSA) is 82.7 Å². The first-order chi connectivity index (χ1) is 16.7. The van der Waals surface area contributed by atoms with Gasteiger partial charge in [0.15, 0.2) is 0 Å². The normalized spacial score (nSPS) is 18.7. The molecule has 2 aromatic carbocycles. The molecule has 0 atom stereocenters. The third-order valence-electron chi connectivity index (χ3n) is 6.29. The Balaban J connectivity index is 1.27. The highest BCUT2D eigenvalue weighted by atomic mass is 35.5. The average Bonchev–Trinajstić information content (AvgIpc) is 3.30. The molecule has 11 heteroatoms. The van der Waals surface area contributed by atoms with Crippen LogP contribution in [-0.2, 0) is 6.18 Å². The Bertz CT molecular complexity index is 1410. The van der Waals surface area contributed by atoms with E-state index in [1.54, 1.807) is 12.1 Å². The Morgan fingerprint density at radius 1 is 1.03 bits per heavy atom. The molecule has 0 aliphatic heterocycles. The molecule has 0 saturated heterocycles. The van der Waals surface area contributed by atoms with Crippen molar-refractivity contribution in [2.75, 3.05) is 5.32 Å². The van der Waals surface area contributed by atoms with Crippen molar-refractivity contribution in [3.05, 3.63) is 64.7 Å². The number of hydrogen-bond acceptors (Lipinski definition) is 4. The zero-order chi connectivity index (χ0) is 24.7. The fourth-order valence-corrected chi connectivity index (χ4v) is 4.66. The fourth-order valence-electron chi connectivity index (χ4n) is 4.49. The lowest BCUT2D eigenvalue weighted by Gasteiger charge is -2.31. The van der Waals surface area contributed by atoms with Gasteiger partial charge in [0.2, 0.25) is 0 Å². The minimum absolute atomic E-state index is 0.0565. The second kappa shape index (κ2) is 8.99. The predicted octanol–water partition coefficient (Wildman–Crippen LogP) is 6.08. The van der Waals surface area contributed by atoms with E-state index in [0.717, 1.165) is 6.07 Å². The summed E-state index contributed by atoms with van der Waals surface area (Å²) in [6.45, 7) is 0. The summed E-state index contributed by atoms with van der Waals surface area (Å²) in [5, 5.41) is 13.7. The molecule has 1 aliphatic rings. The average molecular weight is 506 g/mol. The van der Waals surface area contributed by atoms with Gasteiger partial charge in [-0.3, -0.25) is 9.89 Å². The van der Waals surface area contributed by atoms with E-state index < -0.39 is 23.6 Å². The van der Waals surface area contributed by atoms with Crippen molar-refractivity contribution >= 4 is 45.0 Å². The van der Waals surface area contributed by atoms with Gasteiger partial charge in [0.05, 0.1) is 28.2 Å². The van der Waals surface area contributed by atoms with Gasteiger partial charge >= 0.3 is 6.18 Å². The largest absolute Gasteiger partial charge is 0.433 e. The van der Waals surface area contributed by atoms with Crippen LogP contribution in [0.4, 0.5) is 23.2 Å². The second-order valence-electron chi connectivity index (χ2n) is 8.64. The van der Waals surface area contributed by atoms with Crippen molar-refractivity contribution in [2.24, 2.45) is 0 Å². The van der Waals surface area contributed by atoms with E-state index in [1.807, 2.05) is 0 Å². The van der Waals surface area contributed by atoms with Crippen LogP contribution in [0, 0.1) is 5.82 Å². The first-order valence-corrected chi connectivity index (χ1v) is 11.4. The molecule has 182 valence electrons. The maximum absolute atomic E-state index is 14.7. The number of nitrogens with zero attached hydrogens (tertiary/aromatic N) is 2. The molecule has 35 heavy (non-hydrogen) atoms. The Morgan fingerprint density at radius 2 is 1.77 bits per heavy atom. The highest BCUT2D eigenvalue weighted by Gasteiger charge is 2.34. The SMILES string of the molecule is O=C(NC1CCC(Nc2cc(C(F)(F)F)nc3ccc(Cl)cc23)CC1)c1ccc2[nH]ncc2c1F. The fraction of sp³-hybridized carbons (Fsp3) is 0.292. The Morgan fingerprint density at radius 3 is 2.51 bits per heavy atom. The molecular formula is C24H20ClF4N5O. The van der Waals surface area contributed by atoms with Crippen LogP contribution in [0.25, 0.3) is 21.8 Å². The molecule has 2 heterocycles. The van der Waals surface area contributed by atoms with Crippen molar-refractivity contribution in [3.8, 4) is 0 Å². The molecular weight excluding hydrogens is 486 g/mol. The Labute approximate surface area is 202 Å². The number of aromatic amines is 1. The third kappa shape index (κ3) is 4.75. The lowest BCUT2D eigenvalue weighted by molar-refractivity contribution is -0.140. The minimum Gasteiger partial charge on any atom is -0.382 e. The van der Waals surface area contributed by atoms with Crippen molar-refractivity contribution in [1.29, 1.82) is 0 Å². The molecule has 6 nitrogen and oxygen atoms in total. The molecule has 2 aromatic heterocycles. The van der Waals surface area contributed by atoms with E-state index in [-0.39, 0.29) is 28.6 Å². The molecule has 1 fully saturated rings. The second-order valence-corrected chi connectivity index (χ2v) is 9.08. The first-order valence-electron chi connectivity index (χ1n) is 11.1. The first kappa shape index (κ1) is 23.3. The molecule has 0 spiro atoms. The number of rotatable bonds is 4. The minimum atomic E-state index is -4.58. The maximum Gasteiger partial charge on any atom is 0.433 e. The molecule has 1 amide bonds. The number of carbonyl (C=O) groups is 1. The zero-order valence-electron chi connectivity index (χ0n) is 18.2. The number of benzene rings is 2. The van der Waals surface area contributed by atoms with Crippen molar-refractivity contribution in [2.45, 2.75) is 43.9 Å². The quantitative estimate of drug-likeness (QED) is 0.294. The van der Waals surface area contributed by atoms with Gasteiger partial charge in [0.1, 0.15) is 11.5 Å². The van der Waals surface area contributed by atoms with Crippen LogP contribution in [0.5, 0.6) is 0 Å². The van der Waals surface area contributed by atoms with Crippen molar-refractivity contribution in [3.63, 3.8) is 0 Å². The number of aromatic nitrogens is 3. The van der Waals surface area contributed by atoms with Gasteiger partial charge in [-0.2, -0.15) is 18.3 Å². The Hall–Kier alpha value is -3.40. The van der Waals surface area contributed by atoms with E-state index in [0.29, 0.717) is 47.3 Å². The summed E-state index contributed by atoms with van der Waals surface area (Å²) in [6, 6.07) is 8.29. The predicted molar refractivity (Wildman–Crippen MR) is 125 cm³/mol. The van der Waals surface area contributed by atoms with E-state index >= 15 is 0 Å². The van der Waals surface area contributed by atoms with Gasteiger partial charge in [-0.05, 0) is 62.1 Å². The number of halogens is 5. The number of nitrogens with one attached hydrogen (secondary N) is 3. The standard InChI is InChI=1S/C24H20ClF4N5O/c25-12-1-7-18-16(9-12)20(10-21(33-18)24(27,28)29)31-13-2-4-14(5-3-13)32-23(35)15-6-8-19-17(22(15)26)11-30-34-19/h1,6-11,13-14H,2-5H2,(H,30,34)(H,31,33)(H,32,35). The van der Waals surface area contributed by atoms with Crippen LogP contribution in [0.2, 0.25) is 5.02 Å². The number of hydrogen-bond donors (Lipinski definition) is 3.